The second kappa shape index (κ2) is 30.6. The number of aliphatic hydroxyl groups excluding tert-OH is 14. The van der Waals surface area contributed by atoms with E-state index in [2.05, 4.69) is 0 Å². The largest absolute Gasteiger partial charge is 0.394 e. The predicted octanol–water partition coefficient (Wildman–Crippen LogP) is -10.7. The van der Waals surface area contributed by atoms with Crippen molar-refractivity contribution in [1.82, 2.24) is 0 Å². The van der Waals surface area contributed by atoms with Crippen LogP contribution in [0.25, 0.3) is 0 Å². The van der Waals surface area contributed by atoms with E-state index in [1.807, 2.05) is 0 Å². The molecule has 35 heteroatoms. The molecule has 0 spiro atoms. The smallest absolute Gasteiger partial charge is 0.187 e. The molecule has 35 atom stereocenters. The van der Waals surface area contributed by atoms with Crippen molar-refractivity contribution < 1.29 is 171 Å². The molecule has 490 valence electrons. The molecule has 0 saturated carbocycles. The van der Waals surface area contributed by atoms with Gasteiger partial charge in [0.15, 0.2) is 44.0 Å². The van der Waals surface area contributed by atoms with Crippen molar-refractivity contribution in [3.8, 4) is 0 Å². The van der Waals surface area contributed by atoms with Crippen LogP contribution in [0.2, 0.25) is 0 Å². The number of hydrogen-bond donors (Lipinski definition) is 14. The van der Waals surface area contributed by atoms with Crippen LogP contribution in [0.1, 0.15) is 0 Å². The summed E-state index contributed by atoms with van der Waals surface area (Å²) in [5.41, 5.74) is 0. The summed E-state index contributed by atoms with van der Waals surface area (Å²) in [7, 11) is 8.15. The van der Waals surface area contributed by atoms with E-state index in [1.165, 1.54) is 0 Å². The van der Waals surface area contributed by atoms with Crippen LogP contribution < -0.4 is 0 Å². The Morgan fingerprint density at radius 3 is 0.393 bits per heavy atom. The molecule has 84 heavy (non-hydrogen) atoms. The molecule has 14 bridgehead atoms. The molecular weight excluding hydrogens is 1150 g/mol. The fraction of sp³-hybridized carbons (Fsp3) is 1.00. The van der Waals surface area contributed by atoms with E-state index in [0.717, 1.165) is 49.8 Å². The second-order valence-electron chi connectivity index (χ2n) is 21.1. The van der Waals surface area contributed by atoms with Gasteiger partial charge in [-0.15, -0.1) is 0 Å². The van der Waals surface area contributed by atoms with Crippen molar-refractivity contribution in [3.63, 3.8) is 0 Å². The van der Waals surface area contributed by atoms with E-state index in [9.17, 15) is 71.5 Å². The first-order valence-corrected chi connectivity index (χ1v) is 27.3. The maximum atomic E-state index is 11.9. The molecule has 15 heterocycles. The Morgan fingerprint density at radius 1 is 0.202 bits per heavy atom. The molecule has 0 aromatic carbocycles. The summed E-state index contributed by atoms with van der Waals surface area (Å²) in [5.74, 6) is 0. The lowest BCUT2D eigenvalue weighted by atomic mass is 9.95. The van der Waals surface area contributed by atoms with Crippen molar-refractivity contribution in [2.75, 3.05) is 96.0 Å². The number of ether oxygens (including phenoxy) is 21. The van der Waals surface area contributed by atoms with Crippen LogP contribution in [-0.2, 0) is 99.5 Å². The molecular formula is C49H84O35. The lowest BCUT2D eigenvalue weighted by Crippen LogP contribution is -2.68. The van der Waals surface area contributed by atoms with E-state index in [1.54, 1.807) is 0 Å². The first kappa shape index (κ1) is 68.5. The Kier molecular flexibility index (Phi) is 25.0. The fourth-order valence-corrected chi connectivity index (χ4v) is 12.1. The van der Waals surface area contributed by atoms with Crippen molar-refractivity contribution in [2.24, 2.45) is 0 Å². The minimum absolute atomic E-state index is 0.881. The molecule has 0 amide bonds. The number of aliphatic hydroxyl groups is 14. The van der Waals surface area contributed by atoms with Crippen LogP contribution >= 0.6 is 0 Å². The zero-order chi connectivity index (χ0) is 61.0. The molecule has 0 unspecified atom stereocenters. The van der Waals surface area contributed by atoms with Crippen molar-refractivity contribution in [3.05, 3.63) is 0 Å². The van der Waals surface area contributed by atoms with Crippen molar-refractivity contribution in [1.29, 1.82) is 0 Å². The Balaban J connectivity index is 1.13. The Hall–Kier alpha value is -1.40. The summed E-state index contributed by atoms with van der Waals surface area (Å²) in [6.45, 7) is -6.17. The third-order valence-electron chi connectivity index (χ3n) is 16.5. The van der Waals surface area contributed by atoms with Crippen LogP contribution in [0.3, 0.4) is 0 Å². The maximum absolute atomic E-state index is 11.9. The predicted molar refractivity (Wildman–Crippen MR) is 262 cm³/mol. The van der Waals surface area contributed by atoms with E-state index < -0.39 is 261 Å². The van der Waals surface area contributed by atoms with Gasteiger partial charge in [0.25, 0.3) is 0 Å². The van der Waals surface area contributed by atoms with E-state index >= 15 is 0 Å². The number of hydrogen-bond acceptors (Lipinski definition) is 35. The minimum Gasteiger partial charge on any atom is -0.394 e. The standard InChI is InChI=1S/C49H84O35/c1-64-36-22(57)29-15(8-50)71-43(36)78-30-16(9-51)72-45(37(65-2)23(30)58)80-32-18(11-53)74-47(39(67-4)25(32)60)82-34-20(13-55)76-49(41(69-6)27(34)62)84-35-21(14-56)77-48(42(70-7)28(35)63)83-33-19(12-54)75-46(40(68-5)26(33)61)81-31-17(10-52)73-44(79-29)38(66-3)24(31)59/h15-63H,8-14H2,1-7H3/t15-,16-,17-,18-,19-,20-,21-,22-,23-,24-,25+,26+,27+,28+,29-,30-,31-,32-,33-,34-,35-,36+,37-,38+,39-,40-,41-,42-,43-,44-,45-,46-,47-,48-,49-/m1/s1. The average Bonchev–Trinajstić information content (AvgIpc) is 2.12. The summed E-state index contributed by atoms with van der Waals surface area (Å²) < 4.78 is 125. The Bertz CT molecular complexity index is 1590. The summed E-state index contributed by atoms with van der Waals surface area (Å²) in [4.78, 5) is 0. The van der Waals surface area contributed by atoms with Gasteiger partial charge in [0.1, 0.15) is 171 Å². The van der Waals surface area contributed by atoms with Gasteiger partial charge in [-0.1, -0.05) is 0 Å². The van der Waals surface area contributed by atoms with Gasteiger partial charge < -0.3 is 171 Å². The topological polar surface area (TPSA) is 477 Å². The lowest BCUT2D eigenvalue weighted by Gasteiger charge is -2.51. The number of fused-ring (bicyclic) bond motifs is 7. The number of methoxy groups -OCH3 is 7. The molecule has 15 fully saturated rings. The maximum Gasteiger partial charge on any atom is 0.187 e. The minimum atomic E-state index is -1.80. The van der Waals surface area contributed by atoms with E-state index in [0.29, 0.717) is 0 Å². The quantitative estimate of drug-likeness (QED) is 0.0768. The zero-order valence-corrected chi connectivity index (χ0v) is 47.0. The van der Waals surface area contributed by atoms with Crippen molar-refractivity contribution >= 4 is 0 Å². The van der Waals surface area contributed by atoms with E-state index in [-0.39, 0.29) is 0 Å². The highest BCUT2D eigenvalue weighted by molar-refractivity contribution is 5.03. The second-order valence-corrected chi connectivity index (χ2v) is 21.1. The van der Waals surface area contributed by atoms with Crippen molar-refractivity contribution in [2.45, 2.75) is 215 Å². The first-order valence-electron chi connectivity index (χ1n) is 27.3. The molecule has 0 aromatic heterocycles. The van der Waals surface area contributed by atoms with Gasteiger partial charge in [0, 0.05) is 49.8 Å². The third kappa shape index (κ3) is 13.5. The van der Waals surface area contributed by atoms with Crippen LogP contribution in [-0.4, -0.2) is 382 Å². The summed E-state index contributed by atoms with van der Waals surface area (Å²) in [5, 5.41) is 158. The molecule has 0 aliphatic carbocycles. The molecule has 14 N–H and O–H groups in total. The van der Waals surface area contributed by atoms with Gasteiger partial charge in [-0.2, -0.15) is 0 Å². The highest BCUT2D eigenvalue weighted by atomic mass is 16.8. The summed E-state index contributed by atoms with van der Waals surface area (Å²) in [6, 6.07) is 0. The van der Waals surface area contributed by atoms with Crippen LogP contribution in [0.4, 0.5) is 0 Å². The highest BCUT2D eigenvalue weighted by Crippen LogP contribution is 2.41. The van der Waals surface area contributed by atoms with Gasteiger partial charge in [-0.3, -0.25) is 0 Å². The van der Waals surface area contributed by atoms with Gasteiger partial charge in [0.05, 0.1) is 46.2 Å². The Labute approximate surface area is 481 Å². The first-order chi connectivity index (χ1) is 40.4. The third-order valence-corrected chi connectivity index (χ3v) is 16.5. The zero-order valence-electron chi connectivity index (χ0n) is 47.0. The molecule has 15 aliphatic heterocycles. The normalized spacial score (nSPS) is 51.8. The SMILES string of the molecule is CO[C@@H]1[C@H]2O[C@H]3[C@@H](O)[C@@H](OC)[C@@H](O[C@H]4[C@H](O)[C@@H](OC)[C@@H](O[C@H]5[C@H](O)[C@@H](OC)[C@@H](O[C@H]6[C@H](O)[C@@H](OC)[C@@H](O[C@H]7[C@H](O)[C@@H](OC)[C@@H](O[C@H]8[C@@H](O)[C@H](OC)[C@@H](O[C@@H]([C@H]1O)[C@@H](CO)O2)O[C@@H]8CO)O[C@@H]7CO)O[C@@H]6CO)O[C@@H]5CO)O[C@@H]4CO)O[C@@H]3CO. The van der Waals surface area contributed by atoms with Crippen LogP contribution in [0.15, 0.2) is 0 Å². The fourth-order valence-electron chi connectivity index (χ4n) is 12.1. The molecule has 0 radical (unpaired) electrons. The van der Waals surface area contributed by atoms with Crippen LogP contribution in [0, 0.1) is 0 Å². The average molecular weight is 1230 g/mol. The Morgan fingerprint density at radius 2 is 0.310 bits per heavy atom. The van der Waals surface area contributed by atoms with Gasteiger partial charge in [-0.25, -0.2) is 0 Å². The summed E-state index contributed by atoms with van der Waals surface area (Å²) >= 11 is 0. The summed E-state index contributed by atoms with van der Waals surface area (Å²) in [6.07, 6.45) is -57.0. The highest BCUT2D eigenvalue weighted by Gasteiger charge is 2.60. The van der Waals surface area contributed by atoms with Gasteiger partial charge in [0.2, 0.25) is 0 Å². The van der Waals surface area contributed by atoms with Crippen LogP contribution in [0.5, 0.6) is 0 Å². The van der Waals surface area contributed by atoms with E-state index in [4.69, 9.17) is 99.5 Å². The van der Waals surface area contributed by atoms with Gasteiger partial charge in [-0.05, 0) is 0 Å². The molecule has 15 rings (SSSR count). The number of rotatable bonds is 14. The monoisotopic (exact) mass is 1230 g/mol. The lowest BCUT2D eigenvalue weighted by molar-refractivity contribution is -0.399. The molecule has 15 saturated heterocycles. The molecule has 0 aromatic rings. The molecule has 15 aliphatic rings. The molecule has 35 nitrogen and oxygen atoms in total. The van der Waals surface area contributed by atoms with Gasteiger partial charge >= 0.3 is 0 Å².